The van der Waals surface area contributed by atoms with Crippen LogP contribution in [0.25, 0.3) is 0 Å². The number of thiocarbonyl (C=S) groups is 1. The maximum Gasteiger partial charge on any atom is 0.353 e. The molecule has 4 fully saturated rings. The van der Waals surface area contributed by atoms with Crippen LogP contribution in [0.4, 0.5) is 0 Å². The molecule has 3 aliphatic carbocycles. The maximum atomic E-state index is 6.01. The Morgan fingerprint density at radius 1 is 0.933 bits per heavy atom. The van der Waals surface area contributed by atoms with Crippen LogP contribution in [0.3, 0.4) is 0 Å². The summed E-state index contributed by atoms with van der Waals surface area (Å²) in [6.07, 6.45) is 8.95. The normalized spacial score (nSPS) is 55.9. The van der Waals surface area contributed by atoms with E-state index in [1.54, 1.807) is 0 Å². The molecular formula is C12H16O2S. The van der Waals surface area contributed by atoms with Crippen LogP contribution >= 0.6 is 12.2 Å². The predicted octanol–water partition coefficient (Wildman–Crippen LogP) is 2.80. The second-order valence-electron chi connectivity index (χ2n) is 5.64. The minimum absolute atomic E-state index is 0.00521. The van der Waals surface area contributed by atoms with E-state index in [4.69, 9.17) is 21.7 Å². The molecule has 0 aromatic heterocycles. The van der Waals surface area contributed by atoms with Gasteiger partial charge in [-0.15, -0.1) is 0 Å². The lowest BCUT2D eigenvalue weighted by Crippen LogP contribution is -2.48. The van der Waals surface area contributed by atoms with Gasteiger partial charge < -0.3 is 9.47 Å². The molecule has 1 aliphatic heterocycles. The van der Waals surface area contributed by atoms with E-state index in [9.17, 15) is 0 Å². The molecule has 3 saturated carbocycles. The van der Waals surface area contributed by atoms with Gasteiger partial charge >= 0.3 is 5.24 Å². The van der Waals surface area contributed by atoms with Crippen LogP contribution in [-0.2, 0) is 9.47 Å². The third-order valence-corrected chi connectivity index (χ3v) is 5.57. The smallest absolute Gasteiger partial charge is 0.353 e. The average molecular weight is 224 g/mol. The summed E-state index contributed by atoms with van der Waals surface area (Å²) in [5.41, 5.74) is 0.0104. The van der Waals surface area contributed by atoms with Gasteiger partial charge in [0, 0.05) is 24.1 Å². The lowest BCUT2D eigenvalue weighted by atomic mass is 9.81. The fourth-order valence-corrected chi connectivity index (χ4v) is 5.19. The fourth-order valence-electron chi connectivity index (χ4n) is 4.89. The van der Waals surface area contributed by atoms with Crippen molar-refractivity contribution in [3.8, 4) is 0 Å². The molecular weight excluding hydrogens is 208 g/mol. The summed E-state index contributed by atoms with van der Waals surface area (Å²) in [6.45, 7) is 0. The van der Waals surface area contributed by atoms with Crippen molar-refractivity contribution >= 4 is 17.5 Å². The van der Waals surface area contributed by atoms with Crippen LogP contribution in [0, 0.1) is 11.8 Å². The number of hydrogen-bond acceptors (Lipinski definition) is 3. The van der Waals surface area contributed by atoms with Crippen molar-refractivity contribution < 1.29 is 9.47 Å². The van der Waals surface area contributed by atoms with E-state index in [2.05, 4.69) is 0 Å². The van der Waals surface area contributed by atoms with Gasteiger partial charge in [0.05, 0.1) is 0 Å². The molecule has 4 bridgehead atoms. The van der Waals surface area contributed by atoms with Gasteiger partial charge in [-0.25, -0.2) is 0 Å². The zero-order valence-corrected chi connectivity index (χ0v) is 9.65. The van der Waals surface area contributed by atoms with Gasteiger partial charge in [0.25, 0.3) is 0 Å². The van der Waals surface area contributed by atoms with Crippen molar-refractivity contribution in [3.05, 3.63) is 0 Å². The lowest BCUT2D eigenvalue weighted by Gasteiger charge is -2.33. The Kier molecular flexibility index (Phi) is 1.47. The van der Waals surface area contributed by atoms with Crippen molar-refractivity contribution in [2.24, 2.45) is 11.8 Å². The Labute approximate surface area is 95.3 Å². The number of rotatable bonds is 0. The van der Waals surface area contributed by atoms with Gasteiger partial charge in [-0.05, 0) is 38.5 Å². The molecule has 0 amide bonds. The Morgan fingerprint density at radius 2 is 1.47 bits per heavy atom. The Hall–Kier alpha value is -0.310. The molecule has 4 atom stereocenters. The highest BCUT2D eigenvalue weighted by molar-refractivity contribution is 7.79. The second-order valence-corrected chi connectivity index (χ2v) is 5.97. The molecule has 1 saturated heterocycles. The molecule has 3 heteroatoms. The highest BCUT2D eigenvalue weighted by Gasteiger charge is 2.74. The molecule has 4 aliphatic rings. The molecule has 0 aromatic rings. The number of hydrogen-bond donors (Lipinski definition) is 0. The first kappa shape index (κ1) is 8.80. The van der Waals surface area contributed by atoms with E-state index in [1.807, 2.05) is 0 Å². The van der Waals surface area contributed by atoms with Crippen LogP contribution in [0.15, 0.2) is 0 Å². The first-order valence-corrected chi connectivity index (χ1v) is 6.60. The summed E-state index contributed by atoms with van der Waals surface area (Å²) in [7, 11) is 0. The quantitative estimate of drug-likeness (QED) is 0.589. The molecule has 4 rings (SSSR count). The van der Waals surface area contributed by atoms with Crippen LogP contribution in [0.1, 0.15) is 44.9 Å². The van der Waals surface area contributed by atoms with Crippen molar-refractivity contribution in [1.82, 2.24) is 0 Å². The van der Waals surface area contributed by atoms with E-state index in [0.29, 0.717) is 17.1 Å². The average Bonchev–Trinajstić information content (AvgIpc) is 2.63. The van der Waals surface area contributed by atoms with Crippen LogP contribution in [0.5, 0.6) is 0 Å². The summed E-state index contributed by atoms with van der Waals surface area (Å²) < 4.78 is 12.0. The fraction of sp³-hybridized carbons (Fsp3) is 0.917. The standard InChI is InChI=1S/C12H16O2S/c15-10-13-11-7-5-9-3-1-2-8(11)4-6-12(9,11)14-10/h8-9H,1-7H2. The van der Waals surface area contributed by atoms with E-state index in [-0.39, 0.29) is 11.2 Å². The molecule has 4 unspecified atom stereocenters. The highest BCUT2D eigenvalue weighted by Crippen LogP contribution is 2.67. The van der Waals surface area contributed by atoms with E-state index >= 15 is 0 Å². The summed E-state index contributed by atoms with van der Waals surface area (Å²) in [6, 6.07) is 0. The van der Waals surface area contributed by atoms with Gasteiger partial charge in [-0.2, -0.15) is 0 Å². The van der Waals surface area contributed by atoms with Gasteiger partial charge in [0.15, 0.2) is 11.2 Å². The van der Waals surface area contributed by atoms with E-state index in [1.165, 1.54) is 44.9 Å². The molecule has 0 aromatic carbocycles. The second kappa shape index (κ2) is 2.50. The predicted molar refractivity (Wildman–Crippen MR) is 59.5 cm³/mol. The molecule has 2 nitrogen and oxygen atoms in total. The van der Waals surface area contributed by atoms with Crippen molar-refractivity contribution in [1.29, 1.82) is 0 Å². The monoisotopic (exact) mass is 224 g/mol. The van der Waals surface area contributed by atoms with Crippen molar-refractivity contribution in [2.75, 3.05) is 0 Å². The summed E-state index contributed by atoms with van der Waals surface area (Å²) >= 11 is 5.15. The van der Waals surface area contributed by atoms with Gasteiger partial charge in [-0.1, -0.05) is 6.42 Å². The SMILES string of the molecule is S=C1OC23CCC4CCCC2CCC43O1. The Balaban J connectivity index is 1.91. The van der Waals surface area contributed by atoms with Gasteiger partial charge in [0.2, 0.25) is 0 Å². The third kappa shape index (κ3) is 0.789. The minimum Gasteiger partial charge on any atom is -0.446 e. The lowest BCUT2D eigenvalue weighted by molar-refractivity contribution is -0.0373. The van der Waals surface area contributed by atoms with E-state index < -0.39 is 0 Å². The molecule has 0 spiro atoms. The Bertz CT molecular complexity index is 309. The van der Waals surface area contributed by atoms with Crippen molar-refractivity contribution in [3.63, 3.8) is 0 Å². The first-order chi connectivity index (χ1) is 7.27. The topological polar surface area (TPSA) is 18.5 Å². The van der Waals surface area contributed by atoms with Crippen molar-refractivity contribution in [2.45, 2.75) is 56.1 Å². The van der Waals surface area contributed by atoms with Gasteiger partial charge in [0.1, 0.15) is 0 Å². The Morgan fingerprint density at radius 3 is 2.00 bits per heavy atom. The largest absolute Gasteiger partial charge is 0.446 e. The summed E-state index contributed by atoms with van der Waals surface area (Å²) in [4.78, 5) is 0. The zero-order chi connectivity index (χ0) is 10.1. The molecule has 0 N–H and O–H groups in total. The molecule has 0 radical (unpaired) electrons. The maximum absolute atomic E-state index is 6.01. The molecule has 1 heterocycles. The first-order valence-electron chi connectivity index (χ1n) is 6.19. The zero-order valence-electron chi connectivity index (χ0n) is 8.83. The highest BCUT2D eigenvalue weighted by atomic mass is 32.1. The van der Waals surface area contributed by atoms with E-state index in [0.717, 1.165) is 0 Å². The third-order valence-electron chi connectivity index (χ3n) is 5.40. The van der Waals surface area contributed by atoms with Crippen LogP contribution < -0.4 is 0 Å². The summed E-state index contributed by atoms with van der Waals surface area (Å²) in [5, 5.41) is 0.436. The minimum atomic E-state index is 0.00521. The van der Waals surface area contributed by atoms with Crippen LogP contribution in [0.2, 0.25) is 0 Å². The van der Waals surface area contributed by atoms with Gasteiger partial charge in [-0.3, -0.25) is 0 Å². The number of ether oxygens (including phenoxy) is 2. The summed E-state index contributed by atoms with van der Waals surface area (Å²) in [5.74, 6) is 1.43. The molecule has 82 valence electrons. The van der Waals surface area contributed by atoms with Crippen LogP contribution in [-0.4, -0.2) is 16.4 Å². The molecule has 15 heavy (non-hydrogen) atoms.